The molecule has 0 amide bonds. The van der Waals surface area contributed by atoms with Crippen molar-refractivity contribution in [2.75, 3.05) is 25.6 Å². The van der Waals surface area contributed by atoms with Gasteiger partial charge in [-0.15, -0.1) is 11.8 Å². The molecule has 220 valence electrons. The number of rotatable bonds is 11. The van der Waals surface area contributed by atoms with Crippen LogP contribution in [0.2, 0.25) is 0 Å². The number of carbonyl (C=O) groups excluding carboxylic acids is 3. The summed E-state index contributed by atoms with van der Waals surface area (Å²) < 4.78 is 43.1. The number of carbonyl (C=O) groups is 3. The van der Waals surface area contributed by atoms with Gasteiger partial charge < -0.3 is 37.6 Å². The second-order valence-electron chi connectivity index (χ2n) is 8.84. The van der Waals surface area contributed by atoms with Gasteiger partial charge >= 0.3 is 24.1 Å². The third-order valence-electron chi connectivity index (χ3n) is 5.54. The molecule has 0 spiro atoms. The molecule has 1 aliphatic heterocycles. The molecule has 2 heterocycles. The highest BCUT2D eigenvalue weighted by molar-refractivity contribution is 7.99. The van der Waals surface area contributed by atoms with Crippen molar-refractivity contribution in [1.82, 2.24) is 0 Å². The van der Waals surface area contributed by atoms with Crippen LogP contribution >= 0.6 is 11.8 Å². The Bertz CT molecular complexity index is 1210. The van der Waals surface area contributed by atoms with Crippen LogP contribution in [0.25, 0.3) is 11.0 Å². The molecule has 0 aliphatic carbocycles. The highest BCUT2D eigenvalue weighted by Gasteiger charge is 2.49. The molecule has 0 radical (unpaired) electrons. The summed E-state index contributed by atoms with van der Waals surface area (Å²) in [4.78, 5) is 49.2. The van der Waals surface area contributed by atoms with E-state index >= 15 is 0 Å². The Morgan fingerprint density at radius 1 is 0.850 bits per heavy atom. The van der Waals surface area contributed by atoms with E-state index in [4.69, 9.17) is 37.6 Å². The fourth-order valence-corrected chi connectivity index (χ4v) is 4.95. The molecule has 0 N–H and O–H groups in total. The summed E-state index contributed by atoms with van der Waals surface area (Å²) in [7, 11) is 0. The monoisotopic (exact) mass is 582 g/mol. The quantitative estimate of drug-likeness (QED) is 0.191. The number of hydrogen-bond acceptors (Lipinski definition) is 13. The summed E-state index contributed by atoms with van der Waals surface area (Å²) in [6.07, 6.45) is -5.02. The molecule has 1 unspecified atom stereocenters. The van der Waals surface area contributed by atoms with Crippen LogP contribution < -0.4 is 10.4 Å². The summed E-state index contributed by atoms with van der Waals surface area (Å²) >= 11 is 1.15. The molecule has 3 rings (SSSR count). The Kier molecular flexibility index (Phi) is 11.8. The van der Waals surface area contributed by atoms with E-state index in [0.29, 0.717) is 30.6 Å². The molecule has 1 aromatic heterocycles. The Labute approximate surface area is 235 Å². The Morgan fingerprint density at radius 3 is 2.02 bits per heavy atom. The molecule has 1 aliphatic rings. The highest BCUT2D eigenvalue weighted by atomic mass is 32.2. The fraction of sp³-hybridized carbons (Fsp3) is 0.556. The van der Waals surface area contributed by atoms with E-state index in [1.165, 1.54) is 12.1 Å². The first-order valence-corrected chi connectivity index (χ1v) is 14.1. The second-order valence-corrected chi connectivity index (χ2v) is 9.97. The van der Waals surface area contributed by atoms with Gasteiger partial charge in [0.2, 0.25) is 0 Å². The summed E-state index contributed by atoms with van der Waals surface area (Å²) in [6.45, 7) is 7.57. The molecule has 0 bridgehead atoms. The van der Waals surface area contributed by atoms with Gasteiger partial charge in [0.25, 0.3) is 0 Å². The Hall–Kier alpha value is -3.61. The highest BCUT2D eigenvalue weighted by Crippen LogP contribution is 2.35. The summed E-state index contributed by atoms with van der Waals surface area (Å²) in [5, 5.41) is 0.720. The van der Waals surface area contributed by atoms with Gasteiger partial charge in [0.05, 0.1) is 19.8 Å². The van der Waals surface area contributed by atoms with E-state index in [1.54, 1.807) is 19.1 Å². The predicted octanol–water partition coefficient (Wildman–Crippen LogP) is 5.35. The molecule has 2 aromatic rings. The minimum Gasteiger partial charge on any atom is -0.476 e. The third kappa shape index (κ3) is 8.70. The van der Waals surface area contributed by atoms with Crippen LogP contribution in [-0.2, 0) is 28.4 Å². The van der Waals surface area contributed by atoms with E-state index < -0.39 is 47.8 Å². The van der Waals surface area contributed by atoms with Crippen molar-refractivity contribution < 1.29 is 52.0 Å². The molecule has 4 atom stereocenters. The van der Waals surface area contributed by atoms with Crippen LogP contribution in [0.5, 0.6) is 5.75 Å². The van der Waals surface area contributed by atoms with Gasteiger partial charge in [-0.05, 0) is 43.9 Å². The van der Waals surface area contributed by atoms with Crippen LogP contribution in [0.15, 0.2) is 33.5 Å². The predicted molar refractivity (Wildman–Crippen MR) is 144 cm³/mol. The maximum atomic E-state index is 12.5. The van der Waals surface area contributed by atoms with Gasteiger partial charge in [0, 0.05) is 23.3 Å². The molecular formula is C27H34O12S. The fourth-order valence-electron chi connectivity index (χ4n) is 3.73. The number of benzene rings is 1. The molecule has 0 saturated carbocycles. The molecule has 1 aromatic carbocycles. The molecule has 12 nitrogen and oxygen atoms in total. The molecule has 40 heavy (non-hydrogen) atoms. The molecular weight excluding hydrogens is 548 g/mol. The number of ether oxygens (including phenoxy) is 7. The van der Waals surface area contributed by atoms with Gasteiger partial charge in [-0.3, -0.25) is 0 Å². The largest absolute Gasteiger partial charge is 0.508 e. The summed E-state index contributed by atoms with van der Waals surface area (Å²) in [5.74, 6) is 0.395. The Balaban J connectivity index is 1.92. The lowest BCUT2D eigenvalue weighted by molar-refractivity contribution is -0.120. The normalized spacial score (nSPS) is 20.3. The first-order chi connectivity index (χ1) is 19.2. The van der Waals surface area contributed by atoms with E-state index in [-0.39, 0.29) is 25.6 Å². The number of hydrogen-bond donors (Lipinski definition) is 0. The lowest BCUT2D eigenvalue weighted by atomic mass is 10.1. The van der Waals surface area contributed by atoms with Gasteiger partial charge in [0.15, 0.2) is 23.7 Å². The zero-order valence-corrected chi connectivity index (χ0v) is 23.7. The minimum absolute atomic E-state index is 0.0933. The summed E-state index contributed by atoms with van der Waals surface area (Å²) in [5.41, 5.74) is -0.417. The van der Waals surface area contributed by atoms with Gasteiger partial charge in [0.1, 0.15) is 11.3 Å². The Morgan fingerprint density at radius 2 is 1.43 bits per heavy atom. The first kappa shape index (κ1) is 30.9. The number of aryl methyl sites for hydroxylation is 1. The van der Waals surface area contributed by atoms with Crippen LogP contribution in [0.4, 0.5) is 14.4 Å². The van der Waals surface area contributed by atoms with Crippen molar-refractivity contribution in [3.05, 3.63) is 40.2 Å². The molecule has 1 fully saturated rings. The lowest BCUT2D eigenvalue weighted by Gasteiger charge is -2.39. The smallest absolute Gasteiger partial charge is 0.476 e. The standard InChI is InChI=1S/C27H34O12S/c1-5-10-32-25(29)37-20-15-40-24(35-17-8-9-18-16(4)13-21(28)36-19(18)14-17)23(39-27(31)34-12-7-3)22(20)38-26(30)33-11-6-2/h8-9,13-14,20,22-24H,5-7,10-12,15H2,1-4H3/t20-,22+,23-,24?/m1/s1. The average molecular weight is 583 g/mol. The average Bonchev–Trinajstić information content (AvgIpc) is 2.92. The van der Waals surface area contributed by atoms with Gasteiger partial charge in [-0.2, -0.15) is 0 Å². The second kappa shape index (κ2) is 15.2. The van der Waals surface area contributed by atoms with Crippen molar-refractivity contribution >= 4 is 41.2 Å². The van der Waals surface area contributed by atoms with Crippen molar-refractivity contribution in [3.63, 3.8) is 0 Å². The first-order valence-electron chi connectivity index (χ1n) is 13.1. The topological polar surface area (TPSA) is 146 Å². The van der Waals surface area contributed by atoms with Crippen molar-refractivity contribution in [2.24, 2.45) is 0 Å². The zero-order chi connectivity index (χ0) is 29.1. The van der Waals surface area contributed by atoms with Crippen molar-refractivity contribution in [2.45, 2.75) is 70.7 Å². The molecule has 1 saturated heterocycles. The minimum atomic E-state index is -1.32. The van der Waals surface area contributed by atoms with Crippen LogP contribution in [-0.4, -0.2) is 67.8 Å². The van der Waals surface area contributed by atoms with Crippen LogP contribution in [0.1, 0.15) is 45.6 Å². The number of thioether (sulfide) groups is 1. The summed E-state index contributed by atoms with van der Waals surface area (Å²) in [6, 6.07) is 6.32. The van der Waals surface area contributed by atoms with Crippen LogP contribution in [0, 0.1) is 6.92 Å². The van der Waals surface area contributed by atoms with E-state index in [1.807, 2.05) is 20.8 Å². The van der Waals surface area contributed by atoms with E-state index in [0.717, 1.165) is 22.7 Å². The lowest BCUT2D eigenvalue weighted by Crippen LogP contribution is -2.56. The zero-order valence-electron chi connectivity index (χ0n) is 22.9. The van der Waals surface area contributed by atoms with Gasteiger partial charge in [-0.1, -0.05) is 20.8 Å². The maximum absolute atomic E-state index is 12.5. The SMILES string of the molecule is CCCOC(=O)O[C@H]1[C@H](OC(=O)OCCC)CSC(Oc2ccc3c(C)cc(=O)oc3c2)[C@@H]1OC(=O)OCCC. The van der Waals surface area contributed by atoms with E-state index in [2.05, 4.69) is 0 Å². The third-order valence-corrected chi connectivity index (χ3v) is 6.76. The maximum Gasteiger partial charge on any atom is 0.508 e. The van der Waals surface area contributed by atoms with E-state index in [9.17, 15) is 19.2 Å². The molecule has 13 heteroatoms. The van der Waals surface area contributed by atoms with Crippen molar-refractivity contribution in [1.29, 1.82) is 0 Å². The van der Waals surface area contributed by atoms with Crippen LogP contribution in [0.3, 0.4) is 0 Å². The van der Waals surface area contributed by atoms with Crippen molar-refractivity contribution in [3.8, 4) is 5.75 Å². The number of fused-ring (bicyclic) bond motifs is 1. The van der Waals surface area contributed by atoms with Gasteiger partial charge in [-0.25, -0.2) is 19.2 Å².